The average molecular weight is 234 g/mol. The van der Waals surface area contributed by atoms with Crippen LogP contribution in [-0.2, 0) is 10.0 Å². The Labute approximate surface area is 92.7 Å². The van der Waals surface area contributed by atoms with E-state index < -0.39 is 10.0 Å². The summed E-state index contributed by atoms with van der Waals surface area (Å²) in [5, 5.41) is 8.10. The number of primary sulfonamides is 1. The Kier molecular flexibility index (Phi) is 5.02. The lowest BCUT2D eigenvalue weighted by Crippen LogP contribution is -2.33. The molecular formula is C10H22N2O2S. The van der Waals surface area contributed by atoms with Crippen LogP contribution in [0, 0.1) is 11.8 Å². The van der Waals surface area contributed by atoms with Crippen LogP contribution in [0.1, 0.15) is 32.6 Å². The summed E-state index contributed by atoms with van der Waals surface area (Å²) in [5.41, 5.74) is 0. The molecule has 0 aromatic carbocycles. The third kappa shape index (κ3) is 5.49. The summed E-state index contributed by atoms with van der Waals surface area (Å²) >= 11 is 0. The van der Waals surface area contributed by atoms with E-state index in [1.807, 2.05) is 0 Å². The predicted octanol–water partition coefficient (Wildman–Crippen LogP) is 0.691. The molecule has 3 N–H and O–H groups in total. The van der Waals surface area contributed by atoms with Crippen molar-refractivity contribution in [1.29, 1.82) is 0 Å². The van der Waals surface area contributed by atoms with E-state index in [1.54, 1.807) is 0 Å². The van der Waals surface area contributed by atoms with Crippen molar-refractivity contribution in [2.24, 2.45) is 17.0 Å². The normalized spacial score (nSPS) is 27.9. The molecule has 0 bridgehead atoms. The Morgan fingerprint density at radius 1 is 1.33 bits per heavy atom. The lowest BCUT2D eigenvalue weighted by Gasteiger charge is -2.28. The van der Waals surface area contributed by atoms with Crippen LogP contribution >= 0.6 is 0 Å². The minimum atomic E-state index is -3.30. The Hall–Kier alpha value is -0.130. The molecule has 0 radical (unpaired) electrons. The van der Waals surface area contributed by atoms with Gasteiger partial charge in [0.1, 0.15) is 0 Å². The van der Waals surface area contributed by atoms with Crippen molar-refractivity contribution in [3.8, 4) is 0 Å². The summed E-state index contributed by atoms with van der Waals surface area (Å²) < 4.78 is 21.4. The van der Waals surface area contributed by atoms with Gasteiger partial charge in [-0.1, -0.05) is 26.2 Å². The van der Waals surface area contributed by atoms with Gasteiger partial charge in [0.2, 0.25) is 10.0 Å². The van der Waals surface area contributed by atoms with Crippen LogP contribution in [0.3, 0.4) is 0 Å². The van der Waals surface area contributed by atoms with Crippen molar-refractivity contribution in [1.82, 2.24) is 5.32 Å². The number of nitrogens with one attached hydrogen (secondary N) is 1. The van der Waals surface area contributed by atoms with Crippen molar-refractivity contribution in [3.05, 3.63) is 0 Å². The molecule has 0 amide bonds. The van der Waals surface area contributed by atoms with Gasteiger partial charge < -0.3 is 5.32 Å². The molecule has 1 aliphatic carbocycles. The van der Waals surface area contributed by atoms with Crippen LogP contribution in [0.4, 0.5) is 0 Å². The second kappa shape index (κ2) is 5.82. The van der Waals surface area contributed by atoms with E-state index in [9.17, 15) is 8.42 Å². The van der Waals surface area contributed by atoms with Gasteiger partial charge >= 0.3 is 0 Å². The first kappa shape index (κ1) is 12.9. The predicted molar refractivity (Wildman–Crippen MR) is 62.0 cm³/mol. The zero-order valence-corrected chi connectivity index (χ0v) is 10.2. The smallest absolute Gasteiger partial charge is 0.210 e. The van der Waals surface area contributed by atoms with E-state index in [0.717, 1.165) is 12.5 Å². The first-order valence-electron chi connectivity index (χ1n) is 5.70. The van der Waals surface area contributed by atoms with Crippen LogP contribution < -0.4 is 10.5 Å². The van der Waals surface area contributed by atoms with Gasteiger partial charge in [0.15, 0.2) is 0 Å². The number of nitrogens with two attached hydrogens (primary N) is 1. The molecule has 0 aliphatic heterocycles. The van der Waals surface area contributed by atoms with Crippen molar-refractivity contribution < 1.29 is 8.42 Å². The maximum Gasteiger partial charge on any atom is 0.210 e. The first-order valence-corrected chi connectivity index (χ1v) is 7.42. The minimum Gasteiger partial charge on any atom is -0.315 e. The van der Waals surface area contributed by atoms with Gasteiger partial charge in [-0.25, -0.2) is 13.6 Å². The van der Waals surface area contributed by atoms with Gasteiger partial charge in [-0.05, 0) is 24.8 Å². The topological polar surface area (TPSA) is 72.2 Å². The van der Waals surface area contributed by atoms with Gasteiger partial charge in [0.05, 0.1) is 5.75 Å². The van der Waals surface area contributed by atoms with E-state index in [0.29, 0.717) is 12.5 Å². The monoisotopic (exact) mass is 234 g/mol. The summed E-state index contributed by atoms with van der Waals surface area (Å²) in [4.78, 5) is 0. The molecule has 0 aromatic heterocycles. The number of rotatable bonds is 5. The SMILES string of the molecule is CC1CCCCC1CNCCS(N)(=O)=O. The van der Waals surface area contributed by atoms with E-state index >= 15 is 0 Å². The lowest BCUT2D eigenvalue weighted by atomic mass is 9.80. The molecule has 2 atom stereocenters. The lowest BCUT2D eigenvalue weighted by molar-refractivity contribution is 0.249. The molecule has 0 heterocycles. The van der Waals surface area contributed by atoms with Crippen LogP contribution in [0.25, 0.3) is 0 Å². The molecule has 1 fully saturated rings. The molecule has 0 aromatic rings. The maximum atomic E-state index is 10.7. The fourth-order valence-electron chi connectivity index (χ4n) is 2.20. The molecule has 1 saturated carbocycles. The first-order chi connectivity index (χ1) is 6.99. The standard InChI is InChI=1S/C10H22N2O2S/c1-9-4-2-3-5-10(9)8-12-6-7-15(11,13)14/h9-10,12H,2-8H2,1H3,(H2,11,13,14). The molecule has 4 nitrogen and oxygen atoms in total. The maximum absolute atomic E-state index is 10.7. The van der Waals surface area contributed by atoms with Crippen LogP contribution in [0.15, 0.2) is 0 Å². The van der Waals surface area contributed by atoms with E-state index in [-0.39, 0.29) is 5.75 Å². The number of hydrogen-bond acceptors (Lipinski definition) is 3. The van der Waals surface area contributed by atoms with Crippen LogP contribution in [0.2, 0.25) is 0 Å². The summed E-state index contributed by atoms with van der Waals surface area (Å²) in [7, 11) is -3.30. The van der Waals surface area contributed by atoms with Crippen LogP contribution in [0.5, 0.6) is 0 Å². The fraction of sp³-hybridized carbons (Fsp3) is 1.00. The molecule has 90 valence electrons. The third-order valence-electron chi connectivity index (χ3n) is 3.26. The molecule has 0 spiro atoms. The molecule has 5 heteroatoms. The second-order valence-corrected chi connectivity index (χ2v) is 6.33. The van der Waals surface area contributed by atoms with Gasteiger partial charge in [-0.3, -0.25) is 0 Å². The second-order valence-electron chi connectivity index (χ2n) is 4.59. The van der Waals surface area contributed by atoms with Crippen molar-refractivity contribution in [3.63, 3.8) is 0 Å². The Bertz CT molecular complexity index is 277. The van der Waals surface area contributed by atoms with Gasteiger partial charge in [-0.2, -0.15) is 0 Å². The summed E-state index contributed by atoms with van der Waals surface area (Å²) in [6, 6.07) is 0. The molecule has 15 heavy (non-hydrogen) atoms. The van der Waals surface area contributed by atoms with E-state index in [4.69, 9.17) is 5.14 Å². The highest BCUT2D eigenvalue weighted by atomic mass is 32.2. The summed E-state index contributed by atoms with van der Waals surface area (Å²) in [6.45, 7) is 3.68. The summed E-state index contributed by atoms with van der Waals surface area (Å²) in [5.74, 6) is 1.51. The Morgan fingerprint density at radius 3 is 2.60 bits per heavy atom. The highest BCUT2D eigenvalue weighted by molar-refractivity contribution is 7.89. The molecule has 2 unspecified atom stereocenters. The average Bonchev–Trinajstić information content (AvgIpc) is 2.13. The fourth-order valence-corrected chi connectivity index (χ4v) is 2.63. The zero-order valence-electron chi connectivity index (χ0n) is 9.41. The molecular weight excluding hydrogens is 212 g/mol. The van der Waals surface area contributed by atoms with Crippen LogP contribution in [-0.4, -0.2) is 27.3 Å². The van der Waals surface area contributed by atoms with Crippen molar-refractivity contribution in [2.45, 2.75) is 32.6 Å². The van der Waals surface area contributed by atoms with Crippen molar-refractivity contribution >= 4 is 10.0 Å². The van der Waals surface area contributed by atoms with Gasteiger partial charge in [0, 0.05) is 6.54 Å². The Balaban J connectivity index is 2.14. The zero-order chi connectivity index (χ0) is 11.3. The largest absolute Gasteiger partial charge is 0.315 e. The quantitative estimate of drug-likeness (QED) is 0.687. The minimum absolute atomic E-state index is 0.0358. The van der Waals surface area contributed by atoms with E-state index in [2.05, 4.69) is 12.2 Å². The highest BCUT2D eigenvalue weighted by Gasteiger charge is 2.20. The summed E-state index contributed by atoms with van der Waals surface area (Å²) in [6.07, 6.45) is 5.23. The third-order valence-corrected chi connectivity index (χ3v) is 4.03. The van der Waals surface area contributed by atoms with Crippen molar-refractivity contribution in [2.75, 3.05) is 18.8 Å². The molecule has 1 rings (SSSR count). The highest BCUT2D eigenvalue weighted by Crippen LogP contribution is 2.28. The van der Waals surface area contributed by atoms with Gasteiger partial charge in [0.25, 0.3) is 0 Å². The Morgan fingerprint density at radius 2 is 2.00 bits per heavy atom. The van der Waals surface area contributed by atoms with E-state index in [1.165, 1.54) is 25.7 Å². The molecule has 1 aliphatic rings. The number of sulfonamides is 1. The molecule has 0 saturated heterocycles. The number of hydrogen-bond donors (Lipinski definition) is 2. The van der Waals surface area contributed by atoms with Gasteiger partial charge in [-0.15, -0.1) is 0 Å².